The second-order valence-corrected chi connectivity index (χ2v) is 9.05. The largest absolute Gasteiger partial charge is 0.449 e. The molecule has 2 aromatic rings. The molecule has 0 unspecified atom stereocenters. The molecular weight excluding hydrogens is 482 g/mol. The lowest BCUT2D eigenvalue weighted by Gasteiger charge is -2.32. The predicted molar refractivity (Wildman–Crippen MR) is 110 cm³/mol. The molecule has 192 valence electrons. The molecule has 0 aliphatic carbocycles. The van der Waals surface area contributed by atoms with Crippen molar-refractivity contribution in [1.82, 2.24) is 14.5 Å². The van der Waals surface area contributed by atoms with Gasteiger partial charge in [-0.15, -0.1) is 0 Å². The van der Waals surface area contributed by atoms with Crippen molar-refractivity contribution in [3.8, 4) is 0 Å². The number of amides is 2. The highest BCUT2D eigenvalue weighted by Crippen LogP contribution is 2.32. The van der Waals surface area contributed by atoms with Gasteiger partial charge >= 0.3 is 12.3 Å². The van der Waals surface area contributed by atoms with E-state index in [1.165, 1.54) is 18.7 Å². The number of ether oxygens (including phenoxy) is 1. The summed E-state index contributed by atoms with van der Waals surface area (Å²) in [4.78, 5) is 29.0. The molecule has 3 rings (SSSR count). The van der Waals surface area contributed by atoms with Crippen LogP contribution in [0.1, 0.15) is 43.8 Å². The van der Waals surface area contributed by atoms with Crippen LogP contribution in [0.25, 0.3) is 0 Å². The number of hydrogen-bond donors (Lipinski definition) is 1. The van der Waals surface area contributed by atoms with Gasteiger partial charge in [-0.1, -0.05) is 0 Å². The third-order valence-corrected chi connectivity index (χ3v) is 5.71. The number of nitrogens with two attached hydrogens (primary N) is 1. The molecule has 2 amide bonds. The number of primary amides is 1. The van der Waals surface area contributed by atoms with Crippen LogP contribution in [-0.4, -0.2) is 38.6 Å². The van der Waals surface area contributed by atoms with Crippen molar-refractivity contribution in [3.63, 3.8) is 0 Å². The van der Waals surface area contributed by atoms with Crippen LogP contribution >= 0.6 is 0 Å². The molecule has 2 N–H and O–H groups in total. The highest BCUT2D eigenvalue weighted by atomic mass is 19.4. The predicted octanol–water partition coefficient (Wildman–Crippen LogP) is 4.17. The Balaban J connectivity index is 1.79. The van der Waals surface area contributed by atoms with Gasteiger partial charge in [-0.3, -0.25) is 4.79 Å². The van der Waals surface area contributed by atoms with Gasteiger partial charge in [0, 0.05) is 25.6 Å². The van der Waals surface area contributed by atoms with E-state index < -0.39 is 53.0 Å². The van der Waals surface area contributed by atoms with Gasteiger partial charge < -0.3 is 19.9 Å². The second-order valence-electron chi connectivity index (χ2n) is 9.05. The molecule has 0 saturated heterocycles. The van der Waals surface area contributed by atoms with Crippen LogP contribution in [0.2, 0.25) is 0 Å². The van der Waals surface area contributed by atoms with Crippen LogP contribution < -0.4 is 5.73 Å². The Bertz CT molecular complexity index is 1120. The summed E-state index contributed by atoms with van der Waals surface area (Å²) in [6, 6.07) is 1.10. The highest BCUT2D eigenvalue weighted by molar-refractivity contribution is 5.76. The van der Waals surface area contributed by atoms with Crippen LogP contribution in [0.5, 0.6) is 0 Å². The van der Waals surface area contributed by atoms with Gasteiger partial charge in [-0.05, 0) is 44.2 Å². The fraction of sp³-hybridized carbons (Fsp3) is 0.500. The van der Waals surface area contributed by atoms with Gasteiger partial charge in [-0.25, -0.2) is 22.9 Å². The van der Waals surface area contributed by atoms with Crippen LogP contribution in [0.3, 0.4) is 0 Å². The summed E-state index contributed by atoms with van der Waals surface area (Å²) in [6.45, 7) is 2.80. The molecule has 0 bridgehead atoms. The summed E-state index contributed by atoms with van der Waals surface area (Å²) >= 11 is 0. The van der Waals surface area contributed by atoms with Gasteiger partial charge in [0.1, 0.15) is 11.4 Å². The second kappa shape index (κ2) is 9.78. The number of alkyl halides is 3. The fourth-order valence-corrected chi connectivity index (χ4v) is 4.35. The monoisotopic (exact) mass is 506 g/mol. The molecular formula is C22H24F6N4O3. The summed E-state index contributed by atoms with van der Waals surface area (Å²) < 4.78 is 86.6. The van der Waals surface area contributed by atoms with Crippen molar-refractivity contribution in [1.29, 1.82) is 0 Å². The third kappa shape index (κ3) is 6.45. The first-order valence-corrected chi connectivity index (χ1v) is 10.7. The summed E-state index contributed by atoms with van der Waals surface area (Å²) in [6.07, 6.45) is -5.03. The van der Waals surface area contributed by atoms with Gasteiger partial charge in [0.25, 0.3) is 0 Å². The van der Waals surface area contributed by atoms with Crippen molar-refractivity contribution in [2.45, 2.75) is 58.0 Å². The zero-order valence-corrected chi connectivity index (χ0v) is 19.0. The van der Waals surface area contributed by atoms with Gasteiger partial charge in [-0.2, -0.15) is 13.2 Å². The molecule has 1 aliphatic rings. The molecule has 7 nitrogen and oxygen atoms in total. The number of halogens is 6. The minimum atomic E-state index is -4.63. The van der Waals surface area contributed by atoms with Crippen molar-refractivity contribution in [2.24, 2.45) is 11.7 Å². The Labute approximate surface area is 196 Å². The molecule has 0 radical (unpaired) electrons. The molecule has 0 saturated carbocycles. The fourth-order valence-electron chi connectivity index (χ4n) is 4.35. The average molecular weight is 506 g/mol. The Morgan fingerprint density at radius 3 is 2.40 bits per heavy atom. The Kier molecular flexibility index (Phi) is 7.37. The van der Waals surface area contributed by atoms with Crippen LogP contribution in [0.15, 0.2) is 18.3 Å². The molecule has 0 spiro atoms. The molecule has 0 fully saturated rings. The maximum atomic E-state index is 14.3. The number of carbonyl (C=O) groups is 2. The van der Waals surface area contributed by atoms with Crippen molar-refractivity contribution in [2.75, 3.05) is 6.54 Å². The summed E-state index contributed by atoms with van der Waals surface area (Å²) in [7, 11) is 0. The van der Waals surface area contributed by atoms with E-state index in [0.29, 0.717) is 12.1 Å². The Morgan fingerprint density at radius 1 is 1.11 bits per heavy atom. The maximum Gasteiger partial charge on any atom is 0.449 e. The number of hydrogen-bond acceptors (Lipinski definition) is 4. The Hall–Kier alpha value is -3.25. The molecule has 1 aromatic heterocycles. The smallest absolute Gasteiger partial charge is 0.444 e. The number of rotatable bonds is 7. The maximum absolute atomic E-state index is 14.3. The average Bonchev–Trinajstić information content (AvgIpc) is 3.14. The van der Waals surface area contributed by atoms with Gasteiger partial charge in [0.15, 0.2) is 11.6 Å². The van der Waals surface area contributed by atoms with Crippen LogP contribution in [0, 0.1) is 23.4 Å². The quantitative estimate of drug-likeness (QED) is 0.451. The first-order valence-electron chi connectivity index (χ1n) is 10.7. The van der Waals surface area contributed by atoms with E-state index in [4.69, 9.17) is 10.5 Å². The van der Waals surface area contributed by atoms with E-state index in [9.17, 15) is 35.9 Å². The highest BCUT2D eigenvalue weighted by Gasteiger charge is 2.39. The molecule has 13 heteroatoms. The minimum Gasteiger partial charge on any atom is -0.444 e. The van der Waals surface area contributed by atoms with Gasteiger partial charge in [0.05, 0.1) is 18.4 Å². The summed E-state index contributed by atoms with van der Waals surface area (Å²) in [5.74, 6) is -5.82. The number of nitrogens with zero attached hydrogens (tertiary/aromatic N) is 3. The number of aromatic nitrogens is 2. The van der Waals surface area contributed by atoms with E-state index in [1.54, 1.807) is 0 Å². The lowest BCUT2D eigenvalue weighted by molar-refractivity contribution is -0.148. The van der Waals surface area contributed by atoms with E-state index in [-0.39, 0.29) is 50.2 Å². The van der Waals surface area contributed by atoms with Crippen molar-refractivity contribution >= 4 is 12.0 Å². The SMILES string of the molecule is CC(C)(C[C@H](CC(=O)N1CCn2c(cnc2C(F)(F)F)C1)Cc1cc(F)c(F)cc1F)OC(N)=O. The molecule has 1 aromatic carbocycles. The summed E-state index contributed by atoms with van der Waals surface area (Å²) in [5.41, 5.74) is 3.94. The number of imidazole rings is 1. The summed E-state index contributed by atoms with van der Waals surface area (Å²) in [5, 5.41) is 0. The first-order chi connectivity index (χ1) is 16.2. The zero-order valence-electron chi connectivity index (χ0n) is 19.0. The van der Waals surface area contributed by atoms with Crippen molar-refractivity contribution < 1.29 is 40.7 Å². The number of benzene rings is 1. The molecule has 35 heavy (non-hydrogen) atoms. The standard InChI is InChI=1S/C22H24F6N4O3/c1-21(2,35-20(29)34)9-12(5-13-7-16(24)17(25)8-15(13)23)6-18(33)31-3-4-32-14(11-31)10-30-19(32)22(26,27)28/h7-8,10,12H,3-6,9,11H2,1-2H3,(H2,29,34)/t12-/m0/s1. The number of fused-ring (bicyclic) bond motifs is 1. The van der Waals surface area contributed by atoms with Gasteiger partial charge in [0.2, 0.25) is 11.7 Å². The Morgan fingerprint density at radius 2 is 1.77 bits per heavy atom. The molecule has 2 heterocycles. The van der Waals surface area contributed by atoms with Crippen LogP contribution in [0.4, 0.5) is 31.1 Å². The minimum absolute atomic E-state index is 0.0152. The normalized spacial score (nSPS) is 15.0. The van der Waals surface area contributed by atoms with E-state index >= 15 is 0 Å². The van der Waals surface area contributed by atoms with E-state index in [1.807, 2.05) is 0 Å². The van der Waals surface area contributed by atoms with Crippen molar-refractivity contribution in [3.05, 3.63) is 52.9 Å². The first kappa shape index (κ1) is 26.4. The number of carbonyl (C=O) groups excluding carboxylic acids is 2. The lowest BCUT2D eigenvalue weighted by atomic mass is 9.85. The van der Waals surface area contributed by atoms with E-state index in [0.717, 1.165) is 10.8 Å². The zero-order chi connectivity index (χ0) is 26.1. The molecule has 1 atom stereocenters. The third-order valence-electron chi connectivity index (χ3n) is 5.71. The molecule has 1 aliphatic heterocycles. The lowest BCUT2D eigenvalue weighted by Crippen LogP contribution is -2.41. The van der Waals surface area contributed by atoms with Crippen LogP contribution in [-0.2, 0) is 35.2 Å². The topological polar surface area (TPSA) is 90.4 Å². The van der Waals surface area contributed by atoms with E-state index in [2.05, 4.69) is 4.98 Å².